The highest BCUT2D eigenvalue weighted by Gasteiger charge is 2.49. The number of aromatic nitrogens is 3. The minimum absolute atomic E-state index is 0.0691. The normalized spacial score (nSPS) is 39.7. The van der Waals surface area contributed by atoms with Crippen LogP contribution >= 0.6 is 0 Å². The number of rotatable bonds is 3. The number of hydrogen-bond donors (Lipinski definition) is 1. The molecule has 1 heterocycles. The molecule has 19 heavy (non-hydrogen) atoms. The molecule has 0 aromatic carbocycles. The van der Waals surface area contributed by atoms with Crippen molar-refractivity contribution >= 4 is 5.97 Å². The molecule has 0 atom stereocenters. The van der Waals surface area contributed by atoms with E-state index in [-0.39, 0.29) is 6.42 Å². The summed E-state index contributed by atoms with van der Waals surface area (Å²) >= 11 is 0. The molecule has 0 saturated heterocycles. The lowest BCUT2D eigenvalue weighted by molar-refractivity contribution is -0.136. The maximum Gasteiger partial charge on any atom is 0.311 e. The number of nitrogens with zero attached hydrogens (tertiary/aromatic N) is 3. The largest absolute Gasteiger partial charge is 0.481 e. The summed E-state index contributed by atoms with van der Waals surface area (Å²) in [6.07, 6.45) is 8.49. The first-order valence-corrected chi connectivity index (χ1v) is 7.31. The molecule has 4 fully saturated rings. The summed E-state index contributed by atoms with van der Waals surface area (Å²) in [5, 5.41) is 13.2. The molecule has 4 aliphatic carbocycles. The highest BCUT2D eigenvalue weighted by molar-refractivity contribution is 5.68. The minimum atomic E-state index is -0.858. The van der Waals surface area contributed by atoms with Crippen LogP contribution in [0.25, 0.3) is 0 Å². The van der Waals surface area contributed by atoms with Crippen LogP contribution in [-0.2, 0) is 11.2 Å². The second-order valence-electron chi connectivity index (χ2n) is 6.63. The summed E-state index contributed by atoms with van der Waals surface area (Å²) < 4.78 is 1.98. The summed E-state index contributed by atoms with van der Waals surface area (Å²) in [5.74, 6) is 2.97. The molecule has 4 aliphatic rings. The second kappa shape index (κ2) is 4.05. The van der Waals surface area contributed by atoms with E-state index in [0.29, 0.717) is 11.9 Å². The van der Waals surface area contributed by atoms with E-state index >= 15 is 0 Å². The Hall–Kier alpha value is -1.39. The van der Waals surface area contributed by atoms with Crippen LogP contribution in [0.3, 0.4) is 0 Å². The first kappa shape index (κ1) is 11.4. The molecule has 1 aromatic heterocycles. The standard InChI is InChI=1S/C14H19N3O2/c18-13(19)6-12-15-7-17(16-12)14-10-2-8-1-9(4-10)5-11(14)3-8/h7-11,14H,1-6H2,(H,18,19). The fourth-order valence-electron chi connectivity index (χ4n) is 5.00. The molecule has 102 valence electrons. The molecule has 1 N–H and O–H groups in total. The summed E-state index contributed by atoms with van der Waals surface area (Å²) in [7, 11) is 0. The van der Waals surface area contributed by atoms with Gasteiger partial charge in [0.1, 0.15) is 12.7 Å². The Labute approximate surface area is 112 Å². The Morgan fingerprint density at radius 3 is 2.42 bits per heavy atom. The van der Waals surface area contributed by atoms with Crippen molar-refractivity contribution < 1.29 is 9.90 Å². The van der Waals surface area contributed by atoms with Gasteiger partial charge in [-0.15, -0.1) is 0 Å². The number of carboxylic acids is 1. The van der Waals surface area contributed by atoms with Crippen molar-refractivity contribution in [2.24, 2.45) is 23.7 Å². The Bertz CT molecular complexity index is 483. The van der Waals surface area contributed by atoms with Gasteiger partial charge in [0.05, 0.1) is 6.04 Å². The molecule has 4 saturated carbocycles. The molecule has 0 unspecified atom stereocenters. The van der Waals surface area contributed by atoms with Crippen LogP contribution in [0.4, 0.5) is 0 Å². The summed E-state index contributed by atoms with van der Waals surface area (Å²) in [6.45, 7) is 0. The number of carbonyl (C=O) groups is 1. The highest BCUT2D eigenvalue weighted by atomic mass is 16.4. The Morgan fingerprint density at radius 2 is 1.84 bits per heavy atom. The molecule has 0 amide bonds. The fourth-order valence-corrected chi connectivity index (χ4v) is 5.00. The number of aliphatic carboxylic acids is 1. The molecule has 1 aromatic rings. The van der Waals surface area contributed by atoms with E-state index in [0.717, 1.165) is 23.7 Å². The van der Waals surface area contributed by atoms with Crippen molar-refractivity contribution in [1.82, 2.24) is 14.8 Å². The number of hydrogen-bond acceptors (Lipinski definition) is 3. The van der Waals surface area contributed by atoms with Gasteiger partial charge in [0, 0.05) is 0 Å². The van der Waals surface area contributed by atoms with E-state index in [1.165, 1.54) is 32.1 Å². The van der Waals surface area contributed by atoms with Gasteiger partial charge in [-0.3, -0.25) is 4.79 Å². The molecule has 0 aliphatic heterocycles. The van der Waals surface area contributed by atoms with Gasteiger partial charge < -0.3 is 5.11 Å². The average Bonchev–Trinajstić information content (AvgIpc) is 2.75. The average molecular weight is 261 g/mol. The first-order chi connectivity index (χ1) is 9.19. The topological polar surface area (TPSA) is 68.0 Å². The third kappa shape index (κ3) is 1.86. The number of carboxylic acid groups (broad SMARTS) is 1. The lowest BCUT2D eigenvalue weighted by atomic mass is 9.54. The van der Waals surface area contributed by atoms with E-state index in [1.54, 1.807) is 6.33 Å². The molecule has 5 rings (SSSR count). The van der Waals surface area contributed by atoms with E-state index in [4.69, 9.17) is 5.11 Å². The van der Waals surface area contributed by atoms with Crippen molar-refractivity contribution in [3.05, 3.63) is 12.2 Å². The first-order valence-electron chi connectivity index (χ1n) is 7.31. The van der Waals surface area contributed by atoms with E-state index in [9.17, 15) is 4.79 Å². The zero-order valence-corrected chi connectivity index (χ0v) is 10.9. The molecular weight excluding hydrogens is 242 g/mol. The molecule has 0 spiro atoms. The van der Waals surface area contributed by atoms with Crippen LogP contribution in [0.2, 0.25) is 0 Å². The SMILES string of the molecule is O=C(O)Cc1ncn(C2C3CC4CC(C3)CC2C4)n1. The van der Waals surface area contributed by atoms with Gasteiger partial charge in [-0.1, -0.05) is 0 Å². The van der Waals surface area contributed by atoms with Gasteiger partial charge in [0.25, 0.3) is 0 Å². The van der Waals surface area contributed by atoms with Crippen LogP contribution in [0.1, 0.15) is 44.0 Å². The van der Waals surface area contributed by atoms with Crippen molar-refractivity contribution in [1.29, 1.82) is 0 Å². The lowest BCUT2D eigenvalue weighted by Gasteiger charge is -2.54. The third-order valence-corrected chi connectivity index (χ3v) is 5.35. The van der Waals surface area contributed by atoms with Gasteiger partial charge in [-0.25, -0.2) is 9.67 Å². The molecule has 5 heteroatoms. The zero-order valence-electron chi connectivity index (χ0n) is 10.9. The third-order valence-electron chi connectivity index (χ3n) is 5.35. The summed E-state index contributed by atoms with van der Waals surface area (Å²) in [4.78, 5) is 14.9. The highest BCUT2D eigenvalue weighted by Crippen LogP contribution is 2.57. The van der Waals surface area contributed by atoms with Crippen molar-refractivity contribution in [3.8, 4) is 0 Å². The quantitative estimate of drug-likeness (QED) is 0.902. The lowest BCUT2D eigenvalue weighted by Crippen LogP contribution is -2.46. The van der Waals surface area contributed by atoms with Gasteiger partial charge in [-0.05, 0) is 55.8 Å². The molecule has 0 radical (unpaired) electrons. The van der Waals surface area contributed by atoms with Gasteiger partial charge in [-0.2, -0.15) is 5.10 Å². The van der Waals surface area contributed by atoms with Crippen LogP contribution in [0.5, 0.6) is 0 Å². The van der Waals surface area contributed by atoms with Crippen LogP contribution < -0.4 is 0 Å². The van der Waals surface area contributed by atoms with Gasteiger partial charge in [0.2, 0.25) is 0 Å². The predicted molar refractivity (Wildman–Crippen MR) is 67.4 cm³/mol. The Kier molecular flexibility index (Phi) is 2.44. The van der Waals surface area contributed by atoms with Crippen LogP contribution in [0, 0.1) is 23.7 Å². The zero-order chi connectivity index (χ0) is 13.0. The monoisotopic (exact) mass is 261 g/mol. The summed E-state index contributed by atoms with van der Waals surface area (Å²) in [6, 6.07) is 0.475. The van der Waals surface area contributed by atoms with Gasteiger partial charge in [0.15, 0.2) is 5.82 Å². The Morgan fingerprint density at radius 1 is 1.21 bits per heavy atom. The molecule has 4 bridgehead atoms. The van der Waals surface area contributed by atoms with E-state index < -0.39 is 5.97 Å². The minimum Gasteiger partial charge on any atom is -0.481 e. The van der Waals surface area contributed by atoms with Crippen molar-refractivity contribution in [3.63, 3.8) is 0 Å². The maximum absolute atomic E-state index is 10.7. The van der Waals surface area contributed by atoms with E-state index in [1.807, 2.05) is 4.68 Å². The maximum atomic E-state index is 10.7. The fraction of sp³-hybridized carbons (Fsp3) is 0.786. The Balaban J connectivity index is 1.58. The predicted octanol–water partition coefficient (Wildman–Crippen LogP) is 1.90. The second-order valence-corrected chi connectivity index (χ2v) is 6.63. The van der Waals surface area contributed by atoms with Gasteiger partial charge >= 0.3 is 5.97 Å². The van der Waals surface area contributed by atoms with Crippen molar-refractivity contribution in [2.75, 3.05) is 0 Å². The molecule has 5 nitrogen and oxygen atoms in total. The van der Waals surface area contributed by atoms with Crippen molar-refractivity contribution in [2.45, 2.75) is 44.6 Å². The smallest absolute Gasteiger partial charge is 0.311 e. The summed E-state index contributed by atoms with van der Waals surface area (Å²) in [5.41, 5.74) is 0. The molecular formula is C14H19N3O2. The van der Waals surface area contributed by atoms with E-state index in [2.05, 4.69) is 10.1 Å². The van der Waals surface area contributed by atoms with Crippen LogP contribution in [0.15, 0.2) is 6.33 Å². The van der Waals surface area contributed by atoms with Crippen LogP contribution in [-0.4, -0.2) is 25.8 Å².